The third-order valence-corrected chi connectivity index (χ3v) is 12.1. The van der Waals surface area contributed by atoms with Crippen molar-refractivity contribution in [3.63, 3.8) is 0 Å². The topological polar surface area (TPSA) is 84.5 Å². The smallest absolute Gasteiger partial charge is 0.139 e. The van der Waals surface area contributed by atoms with Gasteiger partial charge in [-0.25, -0.2) is 0 Å². The number of unbranched alkanes of at least 4 members (excludes halogenated alkanes) is 18. The first kappa shape index (κ1) is 49.9. The van der Waals surface area contributed by atoms with E-state index >= 15 is 0 Å². The Hall–Kier alpha value is -5.14. The summed E-state index contributed by atoms with van der Waals surface area (Å²) < 4.78 is 23.9. The summed E-state index contributed by atoms with van der Waals surface area (Å²) in [6, 6.07) is 39.6. The normalized spacial score (nSPS) is 10.9. The number of hydrogen-bond donors (Lipinski definition) is 0. The zero-order valence-corrected chi connectivity index (χ0v) is 39.2. The van der Waals surface area contributed by atoms with Crippen LogP contribution in [-0.4, -0.2) is 26.4 Å². The number of ether oxygens (including phenoxy) is 4. The molecule has 0 saturated carbocycles. The summed E-state index contributed by atoms with van der Waals surface area (Å²) in [4.78, 5) is 0. The Labute approximate surface area is 393 Å². The molecule has 5 aromatic carbocycles. The predicted molar refractivity (Wildman–Crippen MR) is 264 cm³/mol. The Bertz CT molecular complexity index is 1970. The molecule has 0 aliphatic rings. The lowest BCUT2D eigenvalue weighted by atomic mass is 10.0. The highest BCUT2D eigenvalue weighted by molar-refractivity contribution is 6.35. The van der Waals surface area contributed by atoms with Gasteiger partial charge in [-0.05, 0) is 96.5 Å². The molecule has 0 saturated heterocycles. The quantitative estimate of drug-likeness (QED) is 0.0400. The number of hydrogen-bond acceptors (Lipinski definition) is 6. The molecule has 0 atom stereocenters. The van der Waals surface area contributed by atoms with Gasteiger partial charge in [0.15, 0.2) is 0 Å². The van der Waals surface area contributed by atoms with E-state index in [9.17, 15) is 0 Å². The van der Waals surface area contributed by atoms with Crippen LogP contribution in [0.4, 0.5) is 0 Å². The lowest BCUT2D eigenvalue weighted by Gasteiger charge is -2.12. The third-order valence-electron chi connectivity index (χ3n) is 11.5. The molecule has 0 aromatic heterocycles. The zero-order valence-electron chi connectivity index (χ0n) is 37.6. The van der Waals surface area contributed by atoms with Crippen LogP contribution in [0.1, 0.15) is 140 Å². The van der Waals surface area contributed by atoms with E-state index in [-0.39, 0.29) is 0 Å². The Kier molecular flexibility index (Phi) is 23.4. The minimum atomic E-state index is 0.542. The molecule has 0 bridgehead atoms. The first-order valence-electron chi connectivity index (χ1n) is 23.7. The molecule has 0 aliphatic heterocycles. The summed E-state index contributed by atoms with van der Waals surface area (Å²) in [5.74, 6) is 3.05. The summed E-state index contributed by atoms with van der Waals surface area (Å²) in [5.41, 5.74) is 5.79. The number of benzene rings is 5. The van der Waals surface area contributed by atoms with Crippen molar-refractivity contribution in [2.24, 2.45) is 0 Å². The van der Waals surface area contributed by atoms with E-state index in [1.807, 2.05) is 72.8 Å². The fraction of sp³-hybridized carbons (Fsp3) is 0.429. The van der Waals surface area contributed by atoms with Crippen molar-refractivity contribution in [1.29, 1.82) is 10.5 Å². The van der Waals surface area contributed by atoms with Crippen LogP contribution in [-0.2, 0) is 0 Å². The van der Waals surface area contributed by atoms with Gasteiger partial charge in [0.2, 0.25) is 0 Å². The molecule has 8 heteroatoms. The van der Waals surface area contributed by atoms with Crippen LogP contribution in [0.3, 0.4) is 0 Å². The van der Waals surface area contributed by atoms with Crippen molar-refractivity contribution in [3.8, 4) is 57.4 Å². The molecule has 0 amide bonds. The molecule has 6 nitrogen and oxygen atoms in total. The van der Waals surface area contributed by atoms with E-state index in [0.29, 0.717) is 45.9 Å². The predicted octanol–water partition coefficient (Wildman–Crippen LogP) is 16.8. The van der Waals surface area contributed by atoms with Gasteiger partial charge in [0.1, 0.15) is 23.0 Å². The Morgan fingerprint density at radius 3 is 0.812 bits per heavy atom. The highest BCUT2D eigenvalue weighted by Crippen LogP contribution is 2.36. The van der Waals surface area contributed by atoms with E-state index < -0.39 is 0 Å². The van der Waals surface area contributed by atoms with Crippen molar-refractivity contribution in [2.75, 3.05) is 26.4 Å². The molecule has 5 rings (SSSR count). The van der Waals surface area contributed by atoms with Crippen LogP contribution in [0.2, 0.25) is 10.0 Å². The average molecular weight is 902 g/mol. The third kappa shape index (κ3) is 18.9. The molecule has 64 heavy (non-hydrogen) atoms. The number of nitriles is 2. The minimum absolute atomic E-state index is 0.542. The second-order valence-corrected chi connectivity index (χ2v) is 17.4. The van der Waals surface area contributed by atoms with Crippen LogP contribution < -0.4 is 18.9 Å². The second kappa shape index (κ2) is 30.1. The van der Waals surface area contributed by atoms with Crippen LogP contribution in [0.25, 0.3) is 22.3 Å². The second-order valence-electron chi connectivity index (χ2n) is 16.6. The van der Waals surface area contributed by atoms with Crippen LogP contribution in [0.5, 0.6) is 23.0 Å². The van der Waals surface area contributed by atoms with Gasteiger partial charge in [-0.3, -0.25) is 0 Å². The molecule has 0 fully saturated rings. The van der Waals surface area contributed by atoms with E-state index in [1.165, 1.54) is 89.9 Å². The summed E-state index contributed by atoms with van der Waals surface area (Å²) in [6.07, 6.45) is 24.0. The molecule has 0 aliphatic carbocycles. The van der Waals surface area contributed by atoms with Gasteiger partial charge in [-0.1, -0.05) is 174 Å². The standard InChI is InChI=1S/C56H66Cl2N2O4/c57-53-42-56(64-40-20-16-12-8-4-2-6-10-14-18-38-62-52-35-31-50(32-36-52)48-27-23-46(44-60)24-28-48)54(58)41-55(53)63-39-19-15-11-7-3-1-5-9-13-17-37-61-51-33-29-49(30-34-51)47-25-21-45(43-59)22-26-47/h21-36,41-42H,1-20,37-40H2. The largest absolute Gasteiger partial charge is 0.494 e. The zero-order chi connectivity index (χ0) is 44.9. The molecule has 0 radical (unpaired) electrons. The molecule has 5 aromatic rings. The summed E-state index contributed by atoms with van der Waals surface area (Å²) in [6.45, 7) is 2.76. The first-order chi connectivity index (χ1) is 31.5. The maximum atomic E-state index is 8.99. The monoisotopic (exact) mass is 900 g/mol. The van der Waals surface area contributed by atoms with Crippen molar-refractivity contribution in [3.05, 3.63) is 130 Å². The van der Waals surface area contributed by atoms with Gasteiger partial charge in [0.25, 0.3) is 0 Å². The fourth-order valence-corrected chi connectivity index (χ4v) is 8.09. The van der Waals surface area contributed by atoms with Crippen molar-refractivity contribution < 1.29 is 18.9 Å². The molecule has 0 spiro atoms. The average Bonchev–Trinajstić information content (AvgIpc) is 3.33. The van der Waals surface area contributed by atoms with Gasteiger partial charge in [0.05, 0.1) is 59.7 Å². The maximum Gasteiger partial charge on any atom is 0.139 e. The first-order valence-corrected chi connectivity index (χ1v) is 24.5. The highest BCUT2D eigenvalue weighted by atomic mass is 35.5. The van der Waals surface area contributed by atoms with E-state index in [2.05, 4.69) is 36.4 Å². The molecule has 0 unspecified atom stereocenters. The Morgan fingerprint density at radius 2 is 0.547 bits per heavy atom. The molecule has 338 valence electrons. The lowest BCUT2D eigenvalue weighted by Crippen LogP contribution is -2.01. The minimum Gasteiger partial charge on any atom is -0.494 e. The summed E-state index contributed by atoms with van der Waals surface area (Å²) in [5, 5.41) is 19.1. The lowest BCUT2D eigenvalue weighted by molar-refractivity contribution is 0.296. The molecule has 0 heterocycles. The number of rotatable bonds is 32. The van der Waals surface area contributed by atoms with Gasteiger partial charge in [0, 0.05) is 12.1 Å². The van der Waals surface area contributed by atoms with Gasteiger partial charge in [-0.2, -0.15) is 10.5 Å². The number of halogens is 2. The molecule has 0 N–H and O–H groups in total. The van der Waals surface area contributed by atoms with Crippen molar-refractivity contribution in [2.45, 2.75) is 128 Å². The van der Waals surface area contributed by atoms with Gasteiger partial charge in [-0.15, -0.1) is 0 Å². The fourth-order valence-electron chi connectivity index (χ4n) is 7.67. The van der Waals surface area contributed by atoms with Crippen LogP contribution in [0, 0.1) is 22.7 Å². The Balaban J connectivity index is 0.767. The van der Waals surface area contributed by atoms with E-state index in [0.717, 1.165) is 85.5 Å². The van der Waals surface area contributed by atoms with Crippen molar-refractivity contribution in [1.82, 2.24) is 0 Å². The maximum absolute atomic E-state index is 8.99. The SMILES string of the molecule is N#Cc1ccc(-c2ccc(OCCCCCCCCCCCCOc3cc(Cl)c(OCCCCCCCCCCCCOc4ccc(-c5ccc(C#N)cc5)cc4)cc3Cl)cc2)cc1. The van der Waals surface area contributed by atoms with E-state index in [1.54, 1.807) is 12.1 Å². The summed E-state index contributed by atoms with van der Waals surface area (Å²) in [7, 11) is 0. The van der Waals surface area contributed by atoms with Gasteiger partial charge >= 0.3 is 0 Å². The highest BCUT2D eigenvalue weighted by Gasteiger charge is 2.10. The van der Waals surface area contributed by atoms with Crippen molar-refractivity contribution >= 4 is 23.2 Å². The summed E-state index contributed by atoms with van der Waals surface area (Å²) >= 11 is 13.1. The van der Waals surface area contributed by atoms with Crippen LogP contribution >= 0.6 is 23.2 Å². The molecular formula is C56H66Cl2N2O4. The molecular weight excluding hydrogens is 836 g/mol. The van der Waals surface area contributed by atoms with E-state index in [4.69, 9.17) is 52.7 Å². The number of nitrogens with zero attached hydrogens (tertiary/aromatic N) is 2. The van der Waals surface area contributed by atoms with Crippen LogP contribution in [0.15, 0.2) is 109 Å². The van der Waals surface area contributed by atoms with Gasteiger partial charge < -0.3 is 18.9 Å². The Morgan fingerprint density at radius 1 is 0.312 bits per heavy atom.